The van der Waals surface area contributed by atoms with Gasteiger partial charge in [0.05, 0.1) is 6.61 Å². The Morgan fingerprint density at radius 2 is 2.06 bits per heavy atom. The fraction of sp³-hybridized carbons (Fsp3) is 0.600. The number of benzene rings is 1. The van der Waals surface area contributed by atoms with Crippen LogP contribution in [0.25, 0.3) is 0 Å². The van der Waals surface area contributed by atoms with Gasteiger partial charge in [-0.2, -0.15) is 0 Å². The number of para-hydroxylation sites is 1. The zero-order chi connectivity index (χ0) is 11.9. The fourth-order valence-corrected chi connectivity index (χ4v) is 1.90. The van der Waals surface area contributed by atoms with E-state index in [1.807, 2.05) is 30.3 Å². The molecule has 1 aromatic rings. The third kappa shape index (κ3) is 5.22. The summed E-state index contributed by atoms with van der Waals surface area (Å²) >= 11 is 0. The Labute approximate surface area is 104 Å². The molecule has 0 bridgehead atoms. The summed E-state index contributed by atoms with van der Waals surface area (Å²) in [6.45, 7) is 4.31. The van der Waals surface area contributed by atoms with Crippen LogP contribution in [0.2, 0.25) is 0 Å². The maximum absolute atomic E-state index is 5.67. The first-order valence-corrected chi connectivity index (χ1v) is 6.76. The highest BCUT2D eigenvalue weighted by Gasteiger charge is 2.20. The van der Waals surface area contributed by atoms with Gasteiger partial charge < -0.3 is 10.1 Å². The molecule has 1 N–H and O–H groups in total. The lowest BCUT2D eigenvalue weighted by molar-refractivity contribution is 0.293. The van der Waals surface area contributed by atoms with Gasteiger partial charge in [0.1, 0.15) is 5.75 Å². The maximum Gasteiger partial charge on any atom is 0.119 e. The van der Waals surface area contributed by atoms with Crippen LogP contribution in [0.4, 0.5) is 0 Å². The number of hydrogen-bond donors (Lipinski definition) is 1. The molecule has 1 aliphatic rings. The largest absolute Gasteiger partial charge is 0.494 e. The van der Waals surface area contributed by atoms with Gasteiger partial charge >= 0.3 is 0 Å². The zero-order valence-corrected chi connectivity index (χ0v) is 10.7. The van der Waals surface area contributed by atoms with Crippen LogP contribution in [0.3, 0.4) is 0 Å². The van der Waals surface area contributed by atoms with Crippen LogP contribution in [0.5, 0.6) is 5.75 Å². The van der Waals surface area contributed by atoms with Gasteiger partial charge in [-0.25, -0.2) is 0 Å². The van der Waals surface area contributed by atoms with E-state index in [-0.39, 0.29) is 0 Å². The first kappa shape index (κ1) is 12.4. The lowest BCUT2D eigenvalue weighted by Crippen LogP contribution is -2.23. The van der Waals surface area contributed by atoms with Gasteiger partial charge in [0.15, 0.2) is 0 Å². The lowest BCUT2D eigenvalue weighted by atomic mass is 10.1. The molecule has 17 heavy (non-hydrogen) atoms. The van der Waals surface area contributed by atoms with E-state index in [2.05, 4.69) is 12.2 Å². The zero-order valence-electron chi connectivity index (χ0n) is 10.7. The summed E-state index contributed by atoms with van der Waals surface area (Å²) in [6.07, 6.45) is 5.14. The van der Waals surface area contributed by atoms with E-state index in [1.54, 1.807) is 0 Å². The van der Waals surface area contributed by atoms with Crippen LogP contribution >= 0.6 is 0 Å². The minimum atomic E-state index is 0.759. The average molecular weight is 233 g/mol. The molecule has 0 aliphatic heterocycles. The first-order chi connectivity index (χ1) is 8.34. The average Bonchev–Trinajstić information content (AvgIpc) is 3.17. The summed E-state index contributed by atoms with van der Waals surface area (Å²) in [5, 5.41) is 3.57. The number of rotatable bonds is 8. The summed E-state index contributed by atoms with van der Waals surface area (Å²) in [5.74, 6) is 1.74. The standard InChI is InChI=1S/C15H23NO/c1-13(12-16-14-9-10-14)6-5-11-17-15-7-3-2-4-8-15/h2-4,7-8,13-14,16H,5-6,9-12H2,1H3. The highest BCUT2D eigenvalue weighted by molar-refractivity contribution is 5.20. The van der Waals surface area contributed by atoms with Crippen molar-refractivity contribution in [3.05, 3.63) is 30.3 Å². The van der Waals surface area contributed by atoms with E-state index in [9.17, 15) is 0 Å². The second-order valence-corrected chi connectivity index (χ2v) is 5.09. The molecule has 1 saturated carbocycles. The molecule has 0 saturated heterocycles. The minimum absolute atomic E-state index is 0.759. The highest BCUT2D eigenvalue weighted by Crippen LogP contribution is 2.19. The molecule has 0 spiro atoms. The van der Waals surface area contributed by atoms with Crippen molar-refractivity contribution in [3.63, 3.8) is 0 Å². The minimum Gasteiger partial charge on any atom is -0.494 e. The maximum atomic E-state index is 5.67. The van der Waals surface area contributed by atoms with Crippen molar-refractivity contribution in [1.82, 2.24) is 5.32 Å². The molecule has 1 aliphatic carbocycles. The van der Waals surface area contributed by atoms with Crippen molar-refractivity contribution >= 4 is 0 Å². The summed E-state index contributed by atoms with van der Waals surface area (Å²) in [4.78, 5) is 0. The molecule has 0 aromatic heterocycles. The van der Waals surface area contributed by atoms with Gasteiger partial charge in [0, 0.05) is 6.04 Å². The summed E-state index contributed by atoms with van der Waals surface area (Å²) < 4.78 is 5.67. The van der Waals surface area contributed by atoms with Gasteiger partial charge in [-0.1, -0.05) is 25.1 Å². The van der Waals surface area contributed by atoms with Gasteiger partial charge in [0.2, 0.25) is 0 Å². The number of nitrogens with one attached hydrogen (secondary N) is 1. The quantitative estimate of drug-likeness (QED) is 0.696. The Balaban J connectivity index is 1.50. The summed E-state index contributed by atoms with van der Waals surface area (Å²) in [5.41, 5.74) is 0. The third-order valence-electron chi connectivity index (χ3n) is 3.19. The molecule has 94 valence electrons. The molecule has 1 aromatic carbocycles. The van der Waals surface area contributed by atoms with Crippen LogP contribution in [-0.2, 0) is 0 Å². The molecule has 0 amide bonds. The van der Waals surface area contributed by atoms with E-state index < -0.39 is 0 Å². The van der Waals surface area contributed by atoms with E-state index in [1.165, 1.54) is 19.3 Å². The second kappa shape index (κ2) is 6.65. The van der Waals surface area contributed by atoms with Crippen molar-refractivity contribution in [2.75, 3.05) is 13.2 Å². The SMILES string of the molecule is CC(CCCOc1ccccc1)CNC1CC1. The van der Waals surface area contributed by atoms with Gasteiger partial charge in [-0.15, -0.1) is 0 Å². The van der Waals surface area contributed by atoms with Crippen LogP contribution in [0.15, 0.2) is 30.3 Å². The topological polar surface area (TPSA) is 21.3 Å². The van der Waals surface area contributed by atoms with Gasteiger partial charge in [-0.05, 0) is 50.3 Å². The molecule has 1 fully saturated rings. The van der Waals surface area contributed by atoms with Crippen LogP contribution in [0.1, 0.15) is 32.6 Å². The van der Waals surface area contributed by atoms with Crippen LogP contribution < -0.4 is 10.1 Å². The molecule has 2 nitrogen and oxygen atoms in total. The Bertz CT molecular complexity index is 308. The van der Waals surface area contributed by atoms with E-state index in [4.69, 9.17) is 4.74 Å². The van der Waals surface area contributed by atoms with Crippen LogP contribution in [0, 0.1) is 5.92 Å². The van der Waals surface area contributed by atoms with Crippen LogP contribution in [-0.4, -0.2) is 19.2 Å². The van der Waals surface area contributed by atoms with Crippen molar-refractivity contribution in [1.29, 1.82) is 0 Å². The van der Waals surface area contributed by atoms with Gasteiger partial charge in [-0.3, -0.25) is 0 Å². The summed E-state index contributed by atoms with van der Waals surface area (Å²) in [6, 6.07) is 10.9. The Hall–Kier alpha value is -1.02. The monoisotopic (exact) mass is 233 g/mol. The molecule has 0 heterocycles. The normalized spacial score (nSPS) is 16.8. The highest BCUT2D eigenvalue weighted by atomic mass is 16.5. The molecular formula is C15H23NO. The number of ether oxygens (including phenoxy) is 1. The molecular weight excluding hydrogens is 210 g/mol. The van der Waals surface area contributed by atoms with E-state index >= 15 is 0 Å². The molecule has 2 heteroatoms. The van der Waals surface area contributed by atoms with Crippen molar-refractivity contribution in [2.45, 2.75) is 38.6 Å². The van der Waals surface area contributed by atoms with E-state index in [0.717, 1.165) is 37.3 Å². The van der Waals surface area contributed by atoms with Crippen molar-refractivity contribution in [3.8, 4) is 5.75 Å². The fourth-order valence-electron chi connectivity index (χ4n) is 1.90. The van der Waals surface area contributed by atoms with Crippen molar-refractivity contribution < 1.29 is 4.74 Å². The first-order valence-electron chi connectivity index (χ1n) is 6.76. The lowest BCUT2D eigenvalue weighted by Gasteiger charge is -2.12. The van der Waals surface area contributed by atoms with E-state index in [0.29, 0.717) is 0 Å². The van der Waals surface area contributed by atoms with Crippen molar-refractivity contribution in [2.24, 2.45) is 5.92 Å². The molecule has 2 rings (SSSR count). The second-order valence-electron chi connectivity index (χ2n) is 5.09. The number of hydrogen-bond acceptors (Lipinski definition) is 2. The molecule has 0 radical (unpaired) electrons. The predicted octanol–water partition coefficient (Wildman–Crippen LogP) is 3.23. The molecule has 1 atom stereocenters. The summed E-state index contributed by atoms with van der Waals surface area (Å²) in [7, 11) is 0. The Kier molecular flexibility index (Phi) is 4.87. The molecule has 1 unspecified atom stereocenters. The Morgan fingerprint density at radius 1 is 1.29 bits per heavy atom. The predicted molar refractivity (Wildman–Crippen MR) is 71.4 cm³/mol. The Morgan fingerprint density at radius 3 is 2.76 bits per heavy atom. The third-order valence-corrected chi connectivity index (χ3v) is 3.19. The smallest absolute Gasteiger partial charge is 0.119 e. The van der Waals surface area contributed by atoms with Gasteiger partial charge in [0.25, 0.3) is 0 Å².